The van der Waals surface area contributed by atoms with Crippen molar-refractivity contribution in [1.82, 2.24) is 0 Å². The summed E-state index contributed by atoms with van der Waals surface area (Å²) in [6.45, 7) is 2.45. The maximum atomic E-state index is 13.8. The summed E-state index contributed by atoms with van der Waals surface area (Å²) in [6.07, 6.45) is 2.83. The van der Waals surface area contributed by atoms with Crippen LogP contribution in [0.15, 0.2) is 41.3 Å². The van der Waals surface area contributed by atoms with Gasteiger partial charge in [0.15, 0.2) is 11.6 Å². The molecule has 0 amide bonds. The van der Waals surface area contributed by atoms with Gasteiger partial charge in [-0.05, 0) is 24.8 Å². The molecular formula is C16H19FN2OS. The van der Waals surface area contributed by atoms with E-state index in [4.69, 9.17) is 10.5 Å². The number of anilines is 3. The zero-order valence-corrected chi connectivity index (χ0v) is 13.0. The Morgan fingerprint density at radius 3 is 2.71 bits per heavy atom. The van der Waals surface area contributed by atoms with E-state index in [1.807, 2.05) is 37.4 Å². The fourth-order valence-corrected chi connectivity index (χ4v) is 2.45. The number of halogens is 1. The summed E-state index contributed by atoms with van der Waals surface area (Å²) in [7, 11) is 0. The topological polar surface area (TPSA) is 47.3 Å². The molecule has 0 heterocycles. The normalized spacial score (nSPS) is 10.4. The molecule has 21 heavy (non-hydrogen) atoms. The van der Waals surface area contributed by atoms with E-state index in [0.29, 0.717) is 18.0 Å². The molecule has 0 aliphatic heterocycles. The van der Waals surface area contributed by atoms with Crippen molar-refractivity contribution < 1.29 is 9.13 Å². The second kappa shape index (κ2) is 7.22. The van der Waals surface area contributed by atoms with Crippen LogP contribution in [-0.2, 0) is 0 Å². The summed E-state index contributed by atoms with van der Waals surface area (Å²) in [5, 5.41) is 3.24. The highest BCUT2D eigenvalue weighted by molar-refractivity contribution is 7.98. The van der Waals surface area contributed by atoms with E-state index in [-0.39, 0.29) is 5.75 Å². The summed E-state index contributed by atoms with van der Waals surface area (Å²) >= 11 is 1.63. The van der Waals surface area contributed by atoms with Crippen LogP contribution in [-0.4, -0.2) is 12.9 Å². The lowest BCUT2D eigenvalue weighted by atomic mass is 10.2. The predicted octanol–water partition coefficient (Wildman–Crippen LogP) is 4.66. The second-order valence-electron chi connectivity index (χ2n) is 4.54. The Morgan fingerprint density at radius 1 is 1.24 bits per heavy atom. The molecule has 0 saturated heterocycles. The van der Waals surface area contributed by atoms with Gasteiger partial charge in [-0.3, -0.25) is 0 Å². The highest BCUT2D eigenvalue weighted by Gasteiger charge is 2.10. The first-order chi connectivity index (χ1) is 10.2. The number of nitrogens with one attached hydrogen (secondary N) is 1. The van der Waals surface area contributed by atoms with E-state index in [1.165, 1.54) is 6.07 Å². The van der Waals surface area contributed by atoms with Crippen molar-refractivity contribution in [3.63, 3.8) is 0 Å². The number of nitrogen functional groups attached to an aromatic ring is 1. The van der Waals surface area contributed by atoms with E-state index in [2.05, 4.69) is 5.32 Å². The van der Waals surface area contributed by atoms with Crippen LogP contribution < -0.4 is 15.8 Å². The standard InChI is InChI=1S/C16H19FN2OS/c1-3-8-20-15-10-14(12(18)9-11(15)17)19-13-6-4-5-7-16(13)21-2/h4-7,9-10,19H,3,8,18H2,1-2H3. The molecule has 0 fully saturated rings. The van der Waals surface area contributed by atoms with E-state index < -0.39 is 5.82 Å². The van der Waals surface area contributed by atoms with Gasteiger partial charge in [0, 0.05) is 17.0 Å². The number of benzene rings is 2. The number of hydrogen-bond acceptors (Lipinski definition) is 4. The monoisotopic (exact) mass is 306 g/mol. The average Bonchev–Trinajstić information content (AvgIpc) is 2.49. The molecule has 112 valence electrons. The highest BCUT2D eigenvalue weighted by Crippen LogP contribution is 2.33. The largest absolute Gasteiger partial charge is 0.490 e. The van der Waals surface area contributed by atoms with Crippen molar-refractivity contribution in [2.24, 2.45) is 0 Å². The van der Waals surface area contributed by atoms with Crippen molar-refractivity contribution in [1.29, 1.82) is 0 Å². The quantitative estimate of drug-likeness (QED) is 0.602. The minimum absolute atomic E-state index is 0.218. The van der Waals surface area contributed by atoms with E-state index in [1.54, 1.807) is 17.8 Å². The fourth-order valence-electron chi connectivity index (χ4n) is 1.89. The molecule has 0 aliphatic carbocycles. The highest BCUT2D eigenvalue weighted by atomic mass is 32.2. The van der Waals surface area contributed by atoms with Crippen LogP contribution in [0, 0.1) is 5.82 Å². The van der Waals surface area contributed by atoms with Crippen LogP contribution in [0.3, 0.4) is 0 Å². The first-order valence-electron chi connectivity index (χ1n) is 6.77. The lowest BCUT2D eigenvalue weighted by Gasteiger charge is -2.14. The third-order valence-corrected chi connectivity index (χ3v) is 3.74. The van der Waals surface area contributed by atoms with Crippen molar-refractivity contribution in [3.05, 3.63) is 42.2 Å². The molecule has 0 unspecified atom stereocenters. The number of rotatable bonds is 6. The number of nitrogens with two attached hydrogens (primary N) is 1. The van der Waals surface area contributed by atoms with Crippen LogP contribution in [0.2, 0.25) is 0 Å². The lowest BCUT2D eigenvalue weighted by molar-refractivity contribution is 0.301. The second-order valence-corrected chi connectivity index (χ2v) is 5.39. The molecule has 3 nitrogen and oxygen atoms in total. The lowest BCUT2D eigenvalue weighted by Crippen LogP contribution is -2.02. The van der Waals surface area contributed by atoms with Gasteiger partial charge in [0.25, 0.3) is 0 Å². The van der Waals surface area contributed by atoms with Crippen LogP contribution in [0.5, 0.6) is 5.75 Å². The minimum Gasteiger partial charge on any atom is -0.490 e. The number of thioether (sulfide) groups is 1. The molecule has 2 aromatic rings. The SMILES string of the molecule is CCCOc1cc(Nc2ccccc2SC)c(N)cc1F. The van der Waals surface area contributed by atoms with E-state index >= 15 is 0 Å². The van der Waals surface area contributed by atoms with Gasteiger partial charge < -0.3 is 15.8 Å². The minimum atomic E-state index is -0.440. The molecule has 0 radical (unpaired) electrons. The molecule has 2 rings (SSSR count). The Bertz CT molecular complexity index is 619. The number of ether oxygens (including phenoxy) is 1. The molecule has 0 aliphatic rings. The maximum Gasteiger partial charge on any atom is 0.167 e. The summed E-state index contributed by atoms with van der Waals surface area (Å²) < 4.78 is 19.2. The smallest absolute Gasteiger partial charge is 0.167 e. The molecule has 0 aromatic heterocycles. The maximum absolute atomic E-state index is 13.8. The van der Waals surface area contributed by atoms with Gasteiger partial charge in [-0.25, -0.2) is 4.39 Å². The summed E-state index contributed by atoms with van der Waals surface area (Å²) in [6, 6.07) is 10.8. The summed E-state index contributed by atoms with van der Waals surface area (Å²) in [5.41, 5.74) is 7.82. The molecule has 0 spiro atoms. The Labute approximate surface area is 128 Å². The van der Waals surface area contributed by atoms with E-state index in [0.717, 1.165) is 17.0 Å². The molecule has 3 N–H and O–H groups in total. The Kier molecular flexibility index (Phi) is 5.33. The number of hydrogen-bond donors (Lipinski definition) is 2. The van der Waals surface area contributed by atoms with Crippen LogP contribution in [0.25, 0.3) is 0 Å². The van der Waals surface area contributed by atoms with Crippen molar-refractivity contribution in [2.45, 2.75) is 18.2 Å². The molecule has 0 saturated carbocycles. The van der Waals surface area contributed by atoms with Gasteiger partial charge in [-0.15, -0.1) is 11.8 Å². The average molecular weight is 306 g/mol. The summed E-state index contributed by atoms with van der Waals surface area (Å²) in [4.78, 5) is 1.09. The predicted molar refractivity (Wildman–Crippen MR) is 88.1 cm³/mol. The first-order valence-corrected chi connectivity index (χ1v) is 8.00. The van der Waals surface area contributed by atoms with Crippen molar-refractivity contribution >= 4 is 28.8 Å². The van der Waals surface area contributed by atoms with E-state index in [9.17, 15) is 4.39 Å². The third-order valence-electron chi connectivity index (χ3n) is 2.94. The van der Waals surface area contributed by atoms with Gasteiger partial charge in [0.05, 0.1) is 23.7 Å². The molecule has 5 heteroatoms. The first kappa shape index (κ1) is 15.5. The molecular weight excluding hydrogens is 287 g/mol. The van der Waals surface area contributed by atoms with Gasteiger partial charge in [0.2, 0.25) is 0 Å². The zero-order valence-electron chi connectivity index (χ0n) is 12.2. The third kappa shape index (κ3) is 3.82. The molecule has 0 bridgehead atoms. The van der Waals surface area contributed by atoms with Crippen LogP contribution in [0.1, 0.15) is 13.3 Å². The Hall–Kier alpha value is -1.88. The van der Waals surface area contributed by atoms with Gasteiger partial charge in [-0.2, -0.15) is 0 Å². The van der Waals surface area contributed by atoms with Crippen molar-refractivity contribution in [3.8, 4) is 5.75 Å². The summed E-state index contributed by atoms with van der Waals surface area (Å²) in [5.74, 6) is -0.222. The number of para-hydroxylation sites is 1. The van der Waals surface area contributed by atoms with Crippen molar-refractivity contribution in [2.75, 3.05) is 23.9 Å². The van der Waals surface area contributed by atoms with Gasteiger partial charge in [0.1, 0.15) is 0 Å². The van der Waals surface area contributed by atoms with Gasteiger partial charge in [-0.1, -0.05) is 19.1 Å². The van der Waals surface area contributed by atoms with Crippen LogP contribution in [0.4, 0.5) is 21.5 Å². The van der Waals surface area contributed by atoms with Crippen LogP contribution >= 0.6 is 11.8 Å². The van der Waals surface area contributed by atoms with Gasteiger partial charge >= 0.3 is 0 Å². The fraction of sp³-hybridized carbons (Fsp3) is 0.250. The zero-order chi connectivity index (χ0) is 15.2. The molecule has 0 atom stereocenters. The molecule has 2 aromatic carbocycles. The Balaban J connectivity index is 2.30. The Morgan fingerprint density at radius 2 is 2.00 bits per heavy atom.